The summed E-state index contributed by atoms with van der Waals surface area (Å²) in [5.74, 6) is 1.98. The summed E-state index contributed by atoms with van der Waals surface area (Å²) in [5.41, 5.74) is 2.54. The monoisotopic (exact) mass is 477 g/mol. The van der Waals surface area contributed by atoms with Gasteiger partial charge in [-0.1, -0.05) is 33.2 Å². The van der Waals surface area contributed by atoms with Crippen LogP contribution in [0.5, 0.6) is 0 Å². The van der Waals surface area contributed by atoms with Gasteiger partial charge in [0.1, 0.15) is 6.54 Å². The summed E-state index contributed by atoms with van der Waals surface area (Å²) < 4.78 is 2.11. The molecule has 0 radical (unpaired) electrons. The van der Waals surface area contributed by atoms with Crippen molar-refractivity contribution in [1.29, 1.82) is 0 Å². The Morgan fingerprint density at radius 2 is 1.62 bits per heavy atom. The van der Waals surface area contributed by atoms with Gasteiger partial charge in [-0.15, -0.1) is 0 Å². The van der Waals surface area contributed by atoms with E-state index >= 15 is 0 Å². The van der Waals surface area contributed by atoms with Crippen LogP contribution in [0.1, 0.15) is 38.2 Å². The second-order valence-corrected chi connectivity index (χ2v) is 10.6. The number of amides is 2. The minimum Gasteiger partial charge on any atom is -0.374 e. The van der Waals surface area contributed by atoms with Gasteiger partial charge in [0.25, 0.3) is 0 Å². The second-order valence-electron chi connectivity index (χ2n) is 7.92. The van der Waals surface area contributed by atoms with E-state index in [1.165, 1.54) is 11.1 Å². The lowest BCUT2D eigenvalue weighted by atomic mass is 10.2. The third kappa shape index (κ3) is 12.2. The number of rotatable bonds is 15. The van der Waals surface area contributed by atoms with Crippen molar-refractivity contribution in [3.8, 4) is 0 Å². The van der Waals surface area contributed by atoms with Crippen LogP contribution in [-0.4, -0.2) is 54.4 Å². The first-order chi connectivity index (χ1) is 15.5. The maximum Gasteiger partial charge on any atom is 0.220 e. The molecule has 2 N–H and O–H groups in total. The van der Waals surface area contributed by atoms with E-state index in [-0.39, 0.29) is 11.8 Å². The number of pyridine rings is 1. The van der Waals surface area contributed by atoms with Crippen LogP contribution >= 0.6 is 21.6 Å². The fourth-order valence-electron chi connectivity index (χ4n) is 3.08. The highest BCUT2D eigenvalue weighted by atomic mass is 33.1. The number of hydrogen-bond acceptors (Lipinski definition) is 5. The van der Waals surface area contributed by atoms with Crippen LogP contribution in [0.25, 0.3) is 0 Å². The van der Waals surface area contributed by atoms with Gasteiger partial charge in [-0.2, -0.15) is 0 Å². The molecule has 6 nitrogen and oxygen atoms in total. The molecule has 0 aliphatic carbocycles. The number of aromatic nitrogens is 1. The van der Waals surface area contributed by atoms with E-state index < -0.39 is 0 Å². The Morgan fingerprint density at radius 3 is 2.22 bits per heavy atom. The SMILES string of the molecule is CC1=CCN(CCCC(=O)NCCSSCCNC(=O)CCC[n+]2ccc(C)cc2)C=C1. The molecule has 32 heavy (non-hydrogen) atoms. The van der Waals surface area contributed by atoms with Crippen molar-refractivity contribution in [3.63, 3.8) is 0 Å². The summed E-state index contributed by atoms with van der Waals surface area (Å²) in [4.78, 5) is 26.1. The Balaban J connectivity index is 1.35. The van der Waals surface area contributed by atoms with E-state index in [0.29, 0.717) is 25.9 Å². The number of carbonyl (C=O) groups excluding carboxylic acids is 2. The Hall–Kier alpha value is -1.93. The topological polar surface area (TPSA) is 65.3 Å². The zero-order valence-corrected chi connectivity index (χ0v) is 21.0. The van der Waals surface area contributed by atoms with Gasteiger partial charge in [0.05, 0.1) is 0 Å². The van der Waals surface area contributed by atoms with Crippen LogP contribution in [0.15, 0.2) is 48.5 Å². The van der Waals surface area contributed by atoms with Crippen molar-refractivity contribution < 1.29 is 14.2 Å². The van der Waals surface area contributed by atoms with Gasteiger partial charge in [0.2, 0.25) is 11.8 Å². The van der Waals surface area contributed by atoms with Crippen molar-refractivity contribution in [2.45, 2.75) is 46.1 Å². The first-order valence-corrected chi connectivity index (χ1v) is 13.8. The quantitative estimate of drug-likeness (QED) is 0.231. The zero-order chi connectivity index (χ0) is 23.0. The van der Waals surface area contributed by atoms with Crippen molar-refractivity contribution in [3.05, 3.63) is 54.0 Å². The molecule has 1 aliphatic heterocycles. The Bertz CT molecular complexity index is 766. The average molecular weight is 478 g/mol. The summed E-state index contributed by atoms with van der Waals surface area (Å²) in [6.45, 7) is 8.24. The lowest BCUT2D eigenvalue weighted by Gasteiger charge is -2.21. The van der Waals surface area contributed by atoms with Crippen LogP contribution in [-0.2, 0) is 16.1 Å². The van der Waals surface area contributed by atoms with Crippen molar-refractivity contribution >= 4 is 33.4 Å². The fourth-order valence-corrected chi connectivity index (χ4v) is 4.90. The summed E-state index contributed by atoms with van der Waals surface area (Å²) in [6, 6.07) is 4.15. The molecule has 0 fully saturated rings. The van der Waals surface area contributed by atoms with E-state index in [9.17, 15) is 9.59 Å². The van der Waals surface area contributed by atoms with Crippen molar-refractivity contribution in [2.24, 2.45) is 0 Å². The maximum atomic E-state index is 11.9. The molecule has 1 aromatic rings. The van der Waals surface area contributed by atoms with Crippen LogP contribution in [0.4, 0.5) is 0 Å². The van der Waals surface area contributed by atoms with Gasteiger partial charge in [-0.25, -0.2) is 4.57 Å². The van der Waals surface area contributed by atoms with E-state index in [2.05, 4.69) is 76.8 Å². The van der Waals surface area contributed by atoms with E-state index in [1.807, 2.05) is 0 Å². The smallest absolute Gasteiger partial charge is 0.220 e. The predicted octanol–water partition coefficient (Wildman–Crippen LogP) is 3.23. The molecule has 0 spiro atoms. The zero-order valence-electron chi connectivity index (χ0n) is 19.3. The second kappa shape index (κ2) is 15.8. The molecular formula is C24H37N4O2S2+. The third-order valence-electron chi connectivity index (χ3n) is 5.02. The molecule has 8 heteroatoms. The largest absolute Gasteiger partial charge is 0.374 e. The molecule has 2 rings (SSSR count). The van der Waals surface area contributed by atoms with Crippen LogP contribution in [0, 0.1) is 6.92 Å². The molecule has 2 amide bonds. The first-order valence-electron chi connectivity index (χ1n) is 11.4. The number of nitrogens with one attached hydrogen (secondary N) is 2. The van der Waals surface area contributed by atoms with Crippen LogP contribution in [0.2, 0.25) is 0 Å². The fraction of sp³-hybridized carbons (Fsp3) is 0.542. The lowest BCUT2D eigenvalue weighted by Crippen LogP contribution is -2.34. The summed E-state index contributed by atoms with van der Waals surface area (Å²) in [5, 5.41) is 5.96. The van der Waals surface area contributed by atoms with Crippen LogP contribution in [0.3, 0.4) is 0 Å². The molecule has 1 aromatic heterocycles. The van der Waals surface area contributed by atoms with Gasteiger partial charge in [-0.05, 0) is 38.1 Å². The van der Waals surface area contributed by atoms with Gasteiger partial charge in [0.15, 0.2) is 12.4 Å². The van der Waals surface area contributed by atoms with Gasteiger partial charge < -0.3 is 15.5 Å². The molecule has 0 bridgehead atoms. The van der Waals surface area contributed by atoms with Crippen LogP contribution < -0.4 is 15.2 Å². The Morgan fingerprint density at radius 1 is 1.00 bits per heavy atom. The normalized spacial score (nSPS) is 13.1. The Kier molecular flexibility index (Phi) is 13.0. The van der Waals surface area contributed by atoms with Crippen molar-refractivity contribution in [2.75, 3.05) is 37.7 Å². The average Bonchev–Trinajstić information content (AvgIpc) is 2.78. The first kappa shape index (κ1) is 26.3. The highest BCUT2D eigenvalue weighted by molar-refractivity contribution is 8.76. The molecule has 1 aliphatic rings. The summed E-state index contributed by atoms with van der Waals surface area (Å²) in [6.07, 6.45) is 13.3. The number of nitrogens with zero attached hydrogens (tertiary/aromatic N) is 2. The molecule has 0 atom stereocenters. The number of allylic oxidation sites excluding steroid dienone is 2. The molecule has 0 saturated heterocycles. The molecule has 0 saturated carbocycles. The van der Waals surface area contributed by atoms with Crippen molar-refractivity contribution in [1.82, 2.24) is 15.5 Å². The summed E-state index contributed by atoms with van der Waals surface area (Å²) >= 11 is 0. The molecular weight excluding hydrogens is 440 g/mol. The standard InChI is InChI=1S/C24H36N4O2S2/c1-21-7-15-27(16-8-21)13-3-5-23(29)25-11-19-31-32-20-12-26-24(30)6-4-14-28-17-9-22(2)10-18-28/h7-10,15-17H,3-6,11-14,18-20H2,1-2H3,(H-,25,26,29,30)/p+1. The number of aryl methyl sites for hydroxylation is 2. The van der Waals surface area contributed by atoms with E-state index in [4.69, 9.17) is 0 Å². The molecule has 0 aromatic carbocycles. The number of carbonyl (C=O) groups is 2. The van der Waals surface area contributed by atoms with Gasteiger partial charge in [-0.3, -0.25) is 9.59 Å². The van der Waals surface area contributed by atoms with Gasteiger partial charge >= 0.3 is 0 Å². The van der Waals surface area contributed by atoms with E-state index in [0.717, 1.165) is 44.0 Å². The molecule has 2 heterocycles. The number of hydrogen-bond donors (Lipinski definition) is 2. The third-order valence-corrected chi connectivity index (χ3v) is 7.43. The van der Waals surface area contributed by atoms with E-state index in [1.54, 1.807) is 21.6 Å². The predicted molar refractivity (Wildman–Crippen MR) is 135 cm³/mol. The minimum absolute atomic E-state index is 0.113. The molecule has 176 valence electrons. The lowest BCUT2D eigenvalue weighted by molar-refractivity contribution is -0.697. The highest BCUT2D eigenvalue weighted by Crippen LogP contribution is 2.19. The Labute approximate surface area is 200 Å². The maximum absolute atomic E-state index is 11.9. The molecule has 0 unspecified atom stereocenters. The van der Waals surface area contributed by atoms with Gasteiger partial charge in [0, 0.05) is 69.1 Å². The minimum atomic E-state index is 0.113. The summed E-state index contributed by atoms with van der Waals surface area (Å²) in [7, 11) is 3.47. The highest BCUT2D eigenvalue weighted by Gasteiger charge is 2.06.